The number of carbonyl (C=O) groups is 1. The summed E-state index contributed by atoms with van der Waals surface area (Å²) in [5.41, 5.74) is -0.687. The van der Waals surface area contributed by atoms with E-state index < -0.39 is 17.5 Å². The maximum absolute atomic E-state index is 11.1. The number of benzene rings is 1. The smallest absolute Gasteiger partial charge is 0.312 e. The second-order valence-electron chi connectivity index (χ2n) is 4.43. The van der Waals surface area contributed by atoms with Gasteiger partial charge in [0.05, 0.1) is 18.1 Å². The lowest BCUT2D eigenvalue weighted by atomic mass is 9.83. The molecule has 4 heteroatoms. The van der Waals surface area contributed by atoms with Crippen LogP contribution in [0.25, 0.3) is 0 Å². The first-order valence-corrected chi connectivity index (χ1v) is 5.53. The van der Waals surface area contributed by atoms with Crippen molar-refractivity contribution in [1.82, 2.24) is 0 Å². The first-order valence-electron chi connectivity index (χ1n) is 5.53. The van der Waals surface area contributed by atoms with Crippen LogP contribution in [0.2, 0.25) is 0 Å². The first kappa shape index (κ1) is 13.5. The fourth-order valence-corrected chi connectivity index (χ4v) is 1.47. The molecule has 2 N–H and O–H groups in total. The highest BCUT2D eigenvalue weighted by Gasteiger charge is 2.36. The van der Waals surface area contributed by atoms with E-state index >= 15 is 0 Å². The van der Waals surface area contributed by atoms with E-state index in [1.165, 1.54) is 13.8 Å². The Morgan fingerprint density at radius 1 is 1.47 bits per heavy atom. The zero-order valence-corrected chi connectivity index (χ0v) is 10.3. The molecule has 4 nitrogen and oxygen atoms in total. The topological polar surface area (TPSA) is 66.8 Å². The van der Waals surface area contributed by atoms with Crippen LogP contribution in [0, 0.1) is 5.41 Å². The van der Waals surface area contributed by atoms with Crippen molar-refractivity contribution in [3.63, 3.8) is 0 Å². The average Bonchev–Trinajstić information content (AvgIpc) is 2.28. The first-order chi connectivity index (χ1) is 7.89. The van der Waals surface area contributed by atoms with Crippen LogP contribution in [0.3, 0.4) is 0 Å². The zero-order chi connectivity index (χ0) is 13.1. The van der Waals surface area contributed by atoms with Gasteiger partial charge in [-0.1, -0.05) is 12.1 Å². The van der Waals surface area contributed by atoms with Crippen LogP contribution in [-0.2, 0) is 4.79 Å². The molecule has 0 spiro atoms. The molecule has 0 amide bonds. The van der Waals surface area contributed by atoms with Crippen LogP contribution in [0.5, 0.6) is 5.75 Å². The number of aliphatic carboxylic acids is 1. The lowest BCUT2D eigenvalue weighted by Crippen LogP contribution is -2.31. The van der Waals surface area contributed by atoms with Crippen LogP contribution < -0.4 is 4.74 Å². The molecule has 0 heterocycles. The second kappa shape index (κ2) is 5.19. The molecule has 0 radical (unpaired) electrons. The molecule has 17 heavy (non-hydrogen) atoms. The van der Waals surface area contributed by atoms with Crippen molar-refractivity contribution in [2.24, 2.45) is 5.41 Å². The Labute approximate surface area is 101 Å². The lowest BCUT2D eigenvalue weighted by molar-refractivity contribution is -0.153. The van der Waals surface area contributed by atoms with Gasteiger partial charge in [-0.15, -0.1) is 0 Å². The normalized spacial score (nSPS) is 13.2. The Kier molecular flexibility index (Phi) is 4.12. The van der Waals surface area contributed by atoms with Gasteiger partial charge in [0.2, 0.25) is 0 Å². The molecule has 94 valence electrons. The molecular weight excluding hydrogens is 220 g/mol. The number of hydrogen-bond donors (Lipinski definition) is 2. The number of aliphatic hydroxyl groups excluding tert-OH is 1. The molecule has 0 aliphatic carbocycles. The van der Waals surface area contributed by atoms with Gasteiger partial charge in [-0.2, -0.15) is 0 Å². The van der Waals surface area contributed by atoms with E-state index in [1.54, 1.807) is 24.3 Å². The molecule has 1 aromatic rings. The number of hydrogen-bond acceptors (Lipinski definition) is 3. The van der Waals surface area contributed by atoms with Crippen molar-refractivity contribution < 1.29 is 19.7 Å². The molecule has 0 saturated heterocycles. The summed E-state index contributed by atoms with van der Waals surface area (Å²) in [5, 5.41) is 19.1. The number of aliphatic hydroxyl groups is 1. The van der Waals surface area contributed by atoms with Crippen LogP contribution in [0.4, 0.5) is 0 Å². The second-order valence-corrected chi connectivity index (χ2v) is 4.43. The summed E-state index contributed by atoms with van der Waals surface area (Å²) in [6.07, 6.45) is -1.07. The minimum absolute atomic E-state index is 0.530. The molecule has 0 aliphatic heterocycles. The maximum atomic E-state index is 11.1. The van der Waals surface area contributed by atoms with Gasteiger partial charge in [-0.05, 0) is 38.5 Å². The third kappa shape index (κ3) is 2.97. The third-order valence-corrected chi connectivity index (χ3v) is 2.72. The highest BCUT2D eigenvalue weighted by molar-refractivity contribution is 5.74. The molecule has 0 saturated carbocycles. The fraction of sp³-hybridized carbons (Fsp3) is 0.462. The van der Waals surface area contributed by atoms with Gasteiger partial charge in [-0.3, -0.25) is 4.79 Å². The Morgan fingerprint density at radius 2 is 2.12 bits per heavy atom. The van der Waals surface area contributed by atoms with Crippen molar-refractivity contribution >= 4 is 5.97 Å². The third-order valence-electron chi connectivity index (χ3n) is 2.72. The predicted octanol–water partition coefficient (Wildman–Crippen LogP) is 2.23. The number of carboxylic acid groups (broad SMARTS) is 1. The van der Waals surface area contributed by atoms with Crippen molar-refractivity contribution in [2.75, 3.05) is 6.61 Å². The largest absolute Gasteiger partial charge is 0.494 e. The SMILES string of the molecule is CCOc1cccc(C(O)C(C)(C)C(=O)O)c1. The maximum Gasteiger partial charge on any atom is 0.312 e. The number of rotatable bonds is 5. The Hall–Kier alpha value is -1.55. The van der Waals surface area contributed by atoms with Crippen LogP contribution in [0.15, 0.2) is 24.3 Å². The van der Waals surface area contributed by atoms with Crippen molar-refractivity contribution in [3.05, 3.63) is 29.8 Å². The number of carboxylic acids is 1. The summed E-state index contributed by atoms with van der Waals surface area (Å²) in [6.45, 7) is 5.38. The van der Waals surface area contributed by atoms with Crippen LogP contribution in [-0.4, -0.2) is 22.8 Å². The van der Waals surface area contributed by atoms with E-state index in [1.807, 2.05) is 6.92 Å². The van der Waals surface area contributed by atoms with Gasteiger partial charge in [0.15, 0.2) is 0 Å². The van der Waals surface area contributed by atoms with Gasteiger partial charge >= 0.3 is 5.97 Å². The fourth-order valence-electron chi connectivity index (χ4n) is 1.47. The van der Waals surface area contributed by atoms with E-state index in [0.717, 1.165) is 0 Å². The van der Waals surface area contributed by atoms with Crippen molar-refractivity contribution in [1.29, 1.82) is 0 Å². The average molecular weight is 238 g/mol. The van der Waals surface area contributed by atoms with Crippen LogP contribution in [0.1, 0.15) is 32.4 Å². The standard InChI is InChI=1S/C13H18O4/c1-4-17-10-7-5-6-9(8-10)11(14)13(2,3)12(15)16/h5-8,11,14H,4H2,1-3H3,(H,15,16). The predicted molar refractivity (Wildman–Crippen MR) is 64.0 cm³/mol. The van der Waals surface area contributed by atoms with Gasteiger partial charge in [0.1, 0.15) is 5.75 Å². The van der Waals surface area contributed by atoms with E-state index in [2.05, 4.69) is 0 Å². The molecule has 0 aliphatic rings. The summed E-state index contributed by atoms with van der Waals surface area (Å²) in [6, 6.07) is 6.87. The lowest BCUT2D eigenvalue weighted by Gasteiger charge is -2.26. The Morgan fingerprint density at radius 3 is 2.65 bits per heavy atom. The van der Waals surface area contributed by atoms with E-state index in [4.69, 9.17) is 9.84 Å². The van der Waals surface area contributed by atoms with Gasteiger partial charge in [0, 0.05) is 0 Å². The van der Waals surface area contributed by atoms with Crippen molar-refractivity contribution in [3.8, 4) is 5.75 Å². The molecule has 0 bridgehead atoms. The minimum atomic E-state index is -1.23. The molecule has 0 fully saturated rings. The summed E-state index contributed by atoms with van der Waals surface area (Å²) < 4.78 is 5.31. The zero-order valence-electron chi connectivity index (χ0n) is 10.3. The summed E-state index contributed by atoms with van der Waals surface area (Å²) in [7, 11) is 0. The van der Waals surface area contributed by atoms with Crippen LogP contribution >= 0.6 is 0 Å². The highest BCUT2D eigenvalue weighted by Crippen LogP contribution is 2.34. The Balaban J connectivity index is 2.99. The Bertz CT molecular complexity index is 398. The van der Waals surface area contributed by atoms with Gasteiger partial charge in [0.25, 0.3) is 0 Å². The summed E-state index contributed by atoms with van der Waals surface area (Å²) in [4.78, 5) is 11.1. The molecular formula is C13H18O4. The van der Waals surface area contributed by atoms with Gasteiger partial charge in [-0.25, -0.2) is 0 Å². The minimum Gasteiger partial charge on any atom is -0.494 e. The van der Waals surface area contributed by atoms with Crippen molar-refractivity contribution in [2.45, 2.75) is 26.9 Å². The molecule has 0 aromatic heterocycles. The monoisotopic (exact) mass is 238 g/mol. The molecule has 1 unspecified atom stereocenters. The summed E-state index contributed by atoms with van der Waals surface area (Å²) in [5.74, 6) is -0.406. The van der Waals surface area contributed by atoms with E-state index in [9.17, 15) is 9.90 Å². The number of ether oxygens (including phenoxy) is 1. The molecule has 1 rings (SSSR count). The highest BCUT2D eigenvalue weighted by atomic mass is 16.5. The van der Waals surface area contributed by atoms with E-state index in [0.29, 0.717) is 17.9 Å². The molecule has 1 aromatic carbocycles. The quantitative estimate of drug-likeness (QED) is 0.825. The molecule has 1 atom stereocenters. The van der Waals surface area contributed by atoms with E-state index in [-0.39, 0.29) is 0 Å². The summed E-state index contributed by atoms with van der Waals surface area (Å²) >= 11 is 0. The van der Waals surface area contributed by atoms with Gasteiger partial charge < -0.3 is 14.9 Å².